The molecule has 4 rings (SSSR count). The molecule has 2 aromatic heterocycles. The van der Waals surface area contributed by atoms with Crippen molar-refractivity contribution in [2.45, 2.75) is 51.7 Å². The van der Waals surface area contributed by atoms with E-state index in [4.69, 9.17) is 4.74 Å². The van der Waals surface area contributed by atoms with Crippen LogP contribution in [0.15, 0.2) is 18.6 Å². The van der Waals surface area contributed by atoms with E-state index in [1.54, 1.807) is 0 Å². The van der Waals surface area contributed by atoms with Crippen LogP contribution in [-0.4, -0.2) is 68.9 Å². The first-order chi connectivity index (χ1) is 13.2. The minimum absolute atomic E-state index is 0.454. The second-order valence-corrected chi connectivity index (χ2v) is 8.12. The predicted molar refractivity (Wildman–Crippen MR) is 105 cm³/mol. The van der Waals surface area contributed by atoms with Crippen LogP contribution in [0, 0.1) is 0 Å². The van der Waals surface area contributed by atoms with Crippen molar-refractivity contribution >= 4 is 0 Å². The van der Waals surface area contributed by atoms with Crippen LogP contribution in [0.25, 0.3) is 0 Å². The Hall–Kier alpha value is -1.70. The minimum Gasteiger partial charge on any atom is -0.379 e. The van der Waals surface area contributed by atoms with Crippen LogP contribution < -0.4 is 0 Å². The highest BCUT2D eigenvalue weighted by Crippen LogP contribution is 2.29. The number of H-pyrrole nitrogens is 1. The lowest BCUT2D eigenvalue weighted by atomic mass is 9.92. The number of morpholine rings is 1. The molecule has 0 aromatic carbocycles. The summed E-state index contributed by atoms with van der Waals surface area (Å²) in [5.74, 6) is 1.70. The number of ether oxygens (including phenoxy) is 1. The standard InChI is InChI=1S/C20H32N6O/c1-16(2)26-7-5-21-19(26)15-25-6-3-4-17(13-25)20-18(12-22-23-20)14-24-8-10-27-11-9-24/h5,7,12,16-17H,3-4,6,8-11,13-15H2,1-2H3,(H,22,23)/t17-/m1/s1. The number of piperidine rings is 1. The van der Waals surface area contributed by atoms with Gasteiger partial charge in [-0.05, 0) is 33.2 Å². The summed E-state index contributed by atoms with van der Waals surface area (Å²) in [5.41, 5.74) is 2.69. The molecular weight excluding hydrogens is 340 g/mol. The maximum atomic E-state index is 5.48. The van der Waals surface area contributed by atoms with Crippen molar-refractivity contribution in [2.75, 3.05) is 39.4 Å². The largest absolute Gasteiger partial charge is 0.379 e. The van der Waals surface area contributed by atoms with E-state index in [-0.39, 0.29) is 0 Å². The summed E-state index contributed by atoms with van der Waals surface area (Å²) in [4.78, 5) is 9.62. The fourth-order valence-corrected chi connectivity index (χ4v) is 4.37. The molecule has 2 fully saturated rings. The van der Waals surface area contributed by atoms with Gasteiger partial charge in [0.15, 0.2) is 0 Å². The van der Waals surface area contributed by atoms with E-state index in [0.717, 1.165) is 52.5 Å². The van der Waals surface area contributed by atoms with Crippen molar-refractivity contribution in [1.29, 1.82) is 0 Å². The van der Waals surface area contributed by atoms with Crippen LogP contribution in [0.4, 0.5) is 0 Å². The second kappa shape index (κ2) is 8.54. The molecule has 0 aliphatic carbocycles. The Morgan fingerprint density at radius 2 is 2.04 bits per heavy atom. The molecule has 0 radical (unpaired) electrons. The molecule has 1 N–H and O–H groups in total. The van der Waals surface area contributed by atoms with Gasteiger partial charge in [-0.2, -0.15) is 5.10 Å². The molecule has 7 heteroatoms. The van der Waals surface area contributed by atoms with Crippen molar-refractivity contribution in [1.82, 2.24) is 29.5 Å². The predicted octanol–water partition coefficient (Wildman–Crippen LogP) is 2.40. The lowest BCUT2D eigenvalue weighted by Gasteiger charge is -2.33. The van der Waals surface area contributed by atoms with Crippen LogP contribution in [0.1, 0.15) is 55.7 Å². The van der Waals surface area contributed by atoms with Gasteiger partial charge in [0.2, 0.25) is 0 Å². The molecule has 2 aliphatic rings. The van der Waals surface area contributed by atoms with Gasteiger partial charge in [-0.25, -0.2) is 4.98 Å². The Kier molecular flexibility index (Phi) is 5.90. The fourth-order valence-electron chi connectivity index (χ4n) is 4.37. The molecular formula is C20H32N6O. The normalized spacial score (nSPS) is 22.6. The summed E-state index contributed by atoms with van der Waals surface area (Å²) in [6.07, 6.45) is 8.49. The van der Waals surface area contributed by atoms with Gasteiger partial charge in [0.05, 0.1) is 26.0 Å². The number of aromatic nitrogens is 4. The summed E-state index contributed by atoms with van der Waals surface area (Å²) in [5, 5.41) is 7.70. The molecule has 0 saturated carbocycles. The van der Waals surface area contributed by atoms with Crippen molar-refractivity contribution in [3.63, 3.8) is 0 Å². The van der Waals surface area contributed by atoms with Crippen molar-refractivity contribution in [3.8, 4) is 0 Å². The van der Waals surface area contributed by atoms with Crippen LogP contribution in [-0.2, 0) is 17.8 Å². The minimum atomic E-state index is 0.454. The molecule has 0 bridgehead atoms. The molecule has 2 aliphatic heterocycles. The first kappa shape index (κ1) is 18.7. The van der Waals surface area contributed by atoms with Gasteiger partial charge in [0, 0.05) is 61.8 Å². The van der Waals surface area contributed by atoms with Gasteiger partial charge in [-0.15, -0.1) is 0 Å². The Morgan fingerprint density at radius 1 is 1.19 bits per heavy atom. The van der Waals surface area contributed by atoms with Crippen molar-refractivity contribution in [2.24, 2.45) is 0 Å². The zero-order valence-electron chi connectivity index (χ0n) is 16.6. The fraction of sp³-hybridized carbons (Fsp3) is 0.700. The summed E-state index contributed by atoms with van der Waals surface area (Å²) in [6.45, 7) is 12.3. The zero-order chi connectivity index (χ0) is 18.6. The van der Waals surface area contributed by atoms with E-state index in [9.17, 15) is 0 Å². The molecule has 0 amide bonds. The molecule has 7 nitrogen and oxygen atoms in total. The molecule has 0 unspecified atom stereocenters. The molecule has 2 aromatic rings. The number of imidazole rings is 1. The smallest absolute Gasteiger partial charge is 0.123 e. The van der Waals surface area contributed by atoms with Gasteiger partial charge in [0.25, 0.3) is 0 Å². The van der Waals surface area contributed by atoms with E-state index < -0.39 is 0 Å². The first-order valence-electron chi connectivity index (χ1n) is 10.3. The lowest BCUT2D eigenvalue weighted by Crippen LogP contribution is -2.37. The van der Waals surface area contributed by atoms with Crippen molar-refractivity contribution < 1.29 is 4.74 Å². The molecule has 0 spiro atoms. The number of nitrogens with zero attached hydrogens (tertiary/aromatic N) is 5. The Morgan fingerprint density at radius 3 is 2.85 bits per heavy atom. The maximum absolute atomic E-state index is 5.48. The van der Waals surface area contributed by atoms with Gasteiger partial charge in [-0.3, -0.25) is 14.9 Å². The average molecular weight is 373 g/mol. The molecule has 1 atom stereocenters. The highest BCUT2D eigenvalue weighted by Gasteiger charge is 2.26. The summed E-state index contributed by atoms with van der Waals surface area (Å²) in [6, 6.07) is 0.454. The maximum Gasteiger partial charge on any atom is 0.123 e. The van der Waals surface area contributed by atoms with Crippen molar-refractivity contribution in [3.05, 3.63) is 35.7 Å². The average Bonchev–Trinajstić information content (AvgIpc) is 3.32. The van der Waals surface area contributed by atoms with Gasteiger partial charge >= 0.3 is 0 Å². The number of hydrogen-bond acceptors (Lipinski definition) is 5. The van der Waals surface area contributed by atoms with E-state index in [1.807, 2.05) is 12.4 Å². The van der Waals surface area contributed by atoms with E-state index in [2.05, 4.69) is 49.6 Å². The lowest BCUT2D eigenvalue weighted by molar-refractivity contribution is 0.0339. The third-order valence-electron chi connectivity index (χ3n) is 5.83. The highest BCUT2D eigenvalue weighted by molar-refractivity contribution is 5.21. The Labute approximate surface area is 161 Å². The zero-order valence-corrected chi connectivity index (χ0v) is 16.6. The number of likely N-dealkylation sites (tertiary alicyclic amines) is 1. The van der Waals surface area contributed by atoms with Gasteiger partial charge < -0.3 is 9.30 Å². The monoisotopic (exact) mass is 372 g/mol. The number of aromatic amines is 1. The molecule has 148 valence electrons. The number of hydrogen-bond donors (Lipinski definition) is 1. The number of nitrogens with one attached hydrogen (secondary N) is 1. The van der Waals surface area contributed by atoms with Gasteiger partial charge in [0.1, 0.15) is 5.82 Å². The van der Waals surface area contributed by atoms with Crippen LogP contribution in [0.3, 0.4) is 0 Å². The molecule has 4 heterocycles. The third-order valence-corrected chi connectivity index (χ3v) is 5.83. The van der Waals surface area contributed by atoms with E-state index >= 15 is 0 Å². The number of rotatable bonds is 6. The topological polar surface area (TPSA) is 62.2 Å². The highest BCUT2D eigenvalue weighted by atomic mass is 16.5. The second-order valence-electron chi connectivity index (χ2n) is 8.12. The van der Waals surface area contributed by atoms with E-state index in [0.29, 0.717) is 12.0 Å². The summed E-state index contributed by atoms with van der Waals surface area (Å²) in [7, 11) is 0. The van der Waals surface area contributed by atoms with E-state index in [1.165, 1.54) is 29.9 Å². The molecule has 27 heavy (non-hydrogen) atoms. The first-order valence-corrected chi connectivity index (χ1v) is 10.3. The third kappa shape index (κ3) is 4.42. The Bertz CT molecular complexity index is 718. The summed E-state index contributed by atoms with van der Waals surface area (Å²) < 4.78 is 7.76. The van der Waals surface area contributed by atoms with Gasteiger partial charge in [-0.1, -0.05) is 0 Å². The van der Waals surface area contributed by atoms with Crippen LogP contribution in [0.2, 0.25) is 0 Å². The quantitative estimate of drug-likeness (QED) is 0.844. The SMILES string of the molecule is CC(C)n1ccnc1CN1CCC[C@@H](c2[nH]ncc2CN2CCOCC2)C1. The van der Waals surface area contributed by atoms with Crippen LogP contribution in [0.5, 0.6) is 0 Å². The summed E-state index contributed by atoms with van der Waals surface area (Å²) >= 11 is 0. The Balaban J connectivity index is 1.41. The van der Waals surface area contributed by atoms with Crippen LogP contribution >= 0.6 is 0 Å². The molecule has 2 saturated heterocycles.